The Labute approximate surface area is 159 Å². The number of thiazole rings is 1. The minimum absolute atomic E-state index is 0.0132. The summed E-state index contributed by atoms with van der Waals surface area (Å²) in [6.45, 7) is 3.15. The van der Waals surface area contributed by atoms with Crippen molar-refractivity contribution in [2.75, 3.05) is 18.8 Å². The quantitative estimate of drug-likeness (QED) is 0.628. The number of carbonyl (C=O) groups excluding carboxylic acids is 1. The van der Waals surface area contributed by atoms with E-state index in [1.807, 2.05) is 30.0 Å². The second-order valence-corrected chi connectivity index (χ2v) is 8.30. The summed E-state index contributed by atoms with van der Waals surface area (Å²) in [5, 5.41) is 0. The van der Waals surface area contributed by atoms with Gasteiger partial charge in [0, 0.05) is 25.2 Å². The number of carbonyl (C=O) groups is 1. The number of amides is 1. The van der Waals surface area contributed by atoms with Gasteiger partial charge in [-0.3, -0.25) is 4.79 Å². The lowest BCUT2D eigenvalue weighted by atomic mass is 10.3. The third-order valence-electron chi connectivity index (χ3n) is 4.13. The molecule has 4 rings (SSSR count). The molecular formula is C18H18N4O2S2. The van der Waals surface area contributed by atoms with Crippen LogP contribution in [0.1, 0.15) is 12.2 Å². The second-order valence-electron chi connectivity index (χ2n) is 6.05. The van der Waals surface area contributed by atoms with E-state index in [0.29, 0.717) is 30.5 Å². The number of hydrogen-bond donors (Lipinski definition) is 0. The number of thioether (sulfide) groups is 1. The Morgan fingerprint density at radius 1 is 1.35 bits per heavy atom. The van der Waals surface area contributed by atoms with Gasteiger partial charge in [0.15, 0.2) is 4.34 Å². The highest BCUT2D eigenvalue weighted by molar-refractivity contribution is 8.01. The predicted octanol–water partition coefficient (Wildman–Crippen LogP) is 3.17. The van der Waals surface area contributed by atoms with E-state index in [1.54, 1.807) is 23.6 Å². The topological polar surface area (TPSA) is 68.2 Å². The number of hydrogen-bond acceptors (Lipinski definition) is 7. The molecule has 1 aliphatic heterocycles. The molecule has 0 bridgehead atoms. The smallest absolute Gasteiger partial charge is 0.233 e. The zero-order chi connectivity index (χ0) is 17.9. The first-order chi connectivity index (χ1) is 12.7. The van der Waals surface area contributed by atoms with Crippen molar-refractivity contribution in [3.63, 3.8) is 0 Å². The zero-order valence-electron chi connectivity index (χ0n) is 14.3. The van der Waals surface area contributed by atoms with E-state index >= 15 is 0 Å². The summed E-state index contributed by atoms with van der Waals surface area (Å²) in [6, 6.07) is 9.78. The molecule has 2 aromatic heterocycles. The SMILES string of the molecule is Cc1nccc(O[C@@H]2CCN(C(=O)CSc3nc4ccccc4s3)C2)n1. The molecule has 1 amide bonds. The van der Waals surface area contributed by atoms with E-state index in [-0.39, 0.29) is 12.0 Å². The maximum atomic E-state index is 12.5. The highest BCUT2D eigenvalue weighted by Gasteiger charge is 2.28. The molecule has 1 aromatic carbocycles. The molecule has 8 heteroatoms. The average Bonchev–Trinajstić information content (AvgIpc) is 3.26. The summed E-state index contributed by atoms with van der Waals surface area (Å²) >= 11 is 3.13. The summed E-state index contributed by atoms with van der Waals surface area (Å²) in [7, 11) is 0. The maximum absolute atomic E-state index is 12.5. The molecule has 1 aliphatic rings. The first-order valence-electron chi connectivity index (χ1n) is 8.40. The predicted molar refractivity (Wildman–Crippen MR) is 103 cm³/mol. The molecule has 1 saturated heterocycles. The molecule has 6 nitrogen and oxygen atoms in total. The van der Waals surface area contributed by atoms with Crippen molar-refractivity contribution in [2.45, 2.75) is 23.8 Å². The van der Waals surface area contributed by atoms with Gasteiger partial charge in [0.25, 0.3) is 0 Å². The van der Waals surface area contributed by atoms with Crippen molar-refractivity contribution in [3.05, 3.63) is 42.4 Å². The van der Waals surface area contributed by atoms with Crippen molar-refractivity contribution in [1.29, 1.82) is 0 Å². The normalized spacial score (nSPS) is 17.0. The van der Waals surface area contributed by atoms with Crippen molar-refractivity contribution in [1.82, 2.24) is 19.9 Å². The van der Waals surface area contributed by atoms with Gasteiger partial charge in [-0.05, 0) is 19.1 Å². The Balaban J connectivity index is 1.30. The van der Waals surface area contributed by atoms with E-state index in [4.69, 9.17) is 4.74 Å². The number of aryl methyl sites for hydroxylation is 1. The molecule has 0 aliphatic carbocycles. The summed E-state index contributed by atoms with van der Waals surface area (Å²) in [5.41, 5.74) is 0.988. The minimum atomic E-state index is -0.0132. The number of fused-ring (bicyclic) bond motifs is 1. The van der Waals surface area contributed by atoms with Gasteiger partial charge in [-0.25, -0.2) is 9.97 Å². The van der Waals surface area contributed by atoms with E-state index in [9.17, 15) is 4.79 Å². The van der Waals surface area contributed by atoms with Crippen LogP contribution >= 0.6 is 23.1 Å². The molecule has 3 heterocycles. The van der Waals surface area contributed by atoms with Crippen LogP contribution in [-0.2, 0) is 4.79 Å². The highest BCUT2D eigenvalue weighted by atomic mass is 32.2. The molecule has 1 fully saturated rings. The van der Waals surface area contributed by atoms with Crippen LogP contribution in [0.15, 0.2) is 40.9 Å². The average molecular weight is 387 g/mol. The van der Waals surface area contributed by atoms with E-state index in [2.05, 4.69) is 21.0 Å². The van der Waals surface area contributed by atoms with E-state index < -0.39 is 0 Å². The fourth-order valence-corrected chi connectivity index (χ4v) is 4.82. The van der Waals surface area contributed by atoms with Gasteiger partial charge in [0.2, 0.25) is 11.8 Å². The van der Waals surface area contributed by atoms with Crippen LogP contribution in [0.3, 0.4) is 0 Å². The zero-order valence-corrected chi connectivity index (χ0v) is 15.9. The van der Waals surface area contributed by atoms with Gasteiger partial charge in [-0.15, -0.1) is 11.3 Å². The lowest BCUT2D eigenvalue weighted by Gasteiger charge is -2.16. The molecule has 0 N–H and O–H groups in total. The summed E-state index contributed by atoms with van der Waals surface area (Å²) in [4.78, 5) is 27.2. The molecule has 134 valence electrons. The van der Waals surface area contributed by atoms with Gasteiger partial charge in [0.1, 0.15) is 11.9 Å². The molecule has 0 saturated carbocycles. The molecule has 26 heavy (non-hydrogen) atoms. The van der Waals surface area contributed by atoms with Gasteiger partial charge < -0.3 is 9.64 Å². The van der Waals surface area contributed by atoms with Crippen LogP contribution in [0.4, 0.5) is 0 Å². The van der Waals surface area contributed by atoms with Crippen LogP contribution < -0.4 is 4.74 Å². The molecule has 3 aromatic rings. The first kappa shape index (κ1) is 17.2. The Hall–Kier alpha value is -2.19. The third-order valence-corrected chi connectivity index (χ3v) is 6.29. The maximum Gasteiger partial charge on any atom is 0.233 e. The lowest BCUT2D eigenvalue weighted by molar-refractivity contribution is -0.127. The molecule has 1 atom stereocenters. The Bertz CT molecular complexity index is 897. The largest absolute Gasteiger partial charge is 0.472 e. The molecule has 0 radical (unpaired) electrons. The number of aromatic nitrogens is 3. The number of ether oxygens (including phenoxy) is 1. The lowest BCUT2D eigenvalue weighted by Crippen LogP contribution is -2.32. The number of benzene rings is 1. The van der Waals surface area contributed by atoms with Gasteiger partial charge in [0.05, 0.1) is 22.5 Å². The third kappa shape index (κ3) is 3.96. The molecule has 0 spiro atoms. The van der Waals surface area contributed by atoms with Crippen molar-refractivity contribution >= 4 is 39.2 Å². The molecular weight excluding hydrogens is 368 g/mol. The van der Waals surface area contributed by atoms with Crippen LogP contribution in [0, 0.1) is 6.92 Å². The number of likely N-dealkylation sites (tertiary alicyclic amines) is 1. The summed E-state index contributed by atoms with van der Waals surface area (Å²) < 4.78 is 7.96. The fourth-order valence-electron chi connectivity index (χ4n) is 2.85. The monoisotopic (exact) mass is 386 g/mol. The van der Waals surface area contributed by atoms with Crippen molar-refractivity contribution < 1.29 is 9.53 Å². The standard InChI is InChI=1S/C18H18N4O2S2/c1-12-19-8-6-16(20-12)24-13-7-9-22(10-13)17(23)11-25-18-21-14-4-2-3-5-15(14)26-18/h2-6,8,13H,7,9-11H2,1H3/t13-/m1/s1. The van der Waals surface area contributed by atoms with E-state index in [0.717, 1.165) is 21.0 Å². The Morgan fingerprint density at radius 2 is 2.23 bits per heavy atom. The molecule has 0 unspecified atom stereocenters. The van der Waals surface area contributed by atoms with Gasteiger partial charge in [-0.1, -0.05) is 23.9 Å². The van der Waals surface area contributed by atoms with Gasteiger partial charge >= 0.3 is 0 Å². The van der Waals surface area contributed by atoms with Crippen molar-refractivity contribution in [2.24, 2.45) is 0 Å². The van der Waals surface area contributed by atoms with Gasteiger partial charge in [-0.2, -0.15) is 4.98 Å². The van der Waals surface area contributed by atoms with Crippen LogP contribution in [0.25, 0.3) is 10.2 Å². The second kappa shape index (κ2) is 7.59. The van der Waals surface area contributed by atoms with Crippen LogP contribution in [-0.4, -0.2) is 50.7 Å². The van der Waals surface area contributed by atoms with Crippen LogP contribution in [0.2, 0.25) is 0 Å². The summed E-state index contributed by atoms with van der Waals surface area (Å²) in [5.74, 6) is 1.78. The number of nitrogens with zero attached hydrogens (tertiary/aromatic N) is 4. The van der Waals surface area contributed by atoms with Crippen molar-refractivity contribution in [3.8, 4) is 5.88 Å². The minimum Gasteiger partial charge on any atom is -0.472 e. The Kier molecular flexibility index (Phi) is 5.03. The van der Waals surface area contributed by atoms with E-state index in [1.165, 1.54) is 11.8 Å². The first-order valence-corrected chi connectivity index (χ1v) is 10.2. The number of rotatable bonds is 5. The summed E-state index contributed by atoms with van der Waals surface area (Å²) in [6.07, 6.45) is 2.49. The fraction of sp³-hybridized carbons (Fsp3) is 0.333. The number of para-hydroxylation sites is 1. The Morgan fingerprint density at radius 3 is 3.08 bits per heavy atom. The van der Waals surface area contributed by atoms with Crippen LogP contribution in [0.5, 0.6) is 5.88 Å². The highest BCUT2D eigenvalue weighted by Crippen LogP contribution is 2.29.